The van der Waals surface area contributed by atoms with E-state index in [2.05, 4.69) is 20.6 Å². The first kappa shape index (κ1) is 14.5. The van der Waals surface area contributed by atoms with Crippen molar-refractivity contribution in [1.82, 2.24) is 9.97 Å². The van der Waals surface area contributed by atoms with Gasteiger partial charge in [0.2, 0.25) is 0 Å². The number of hydrogen-bond acceptors (Lipinski definition) is 4. The predicted molar refractivity (Wildman–Crippen MR) is 64.6 cm³/mol. The van der Waals surface area contributed by atoms with Crippen molar-refractivity contribution in [2.75, 3.05) is 23.7 Å². The van der Waals surface area contributed by atoms with Crippen LogP contribution in [0.2, 0.25) is 0 Å². The Kier molecular flexibility index (Phi) is 5.67. The number of nitrogens with one attached hydrogen (secondary N) is 2. The Morgan fingerprint density at radius 3 is 2.39 bits per heavy atom. The summed E-state index contributed by atoms with van der Waals surface area (Å²) in [7, 11) is 0. The van der Waals surface area contributed by atoms with Crippen molar-refractivity contribution in [3.8, 4) is 0 Å². The summed E-state index contributed by atoms with van der Waals surface area (Å²) in [5.74, 6) is 1.22. The van der Waals surface area contributed by atoms with E-state index in [-0.39, 0.29) is 6.42 Å². The van der Waals surface area contributed by atoms with Crippen LogP contribution in [0.25, 0.3) is 0 Å². The molecule has 102 valence electrons. The molecular formula is C11H17F3N4. The second-order valence-electron chi connectivity index (χ2n) is 3.82. The number of unbranched alkanes of at least 4 members (excludes halogenated alkanes) is 1. The van der Waals surface area contributed by atoms with Gasteiger partial charge in [0.1, 0.15) is 11.6 Å². The zero-order chi connectivity index (χ0) is 13.4. The second-order valence-corrected chi connectivity index (χ2v) is 3.82. The Morgan fingerprint density at radius 1 is 1.11 bits per heavy atom. The molecule has 1 aromatic heterocycles. The summed E-state index contributed by atoms with van der Waals surface area (Å²) in [4.78, 5) is 8.18. The van der Waals surface area contributed by atoms with Gasteiger partial charge in [0.05, 0.1) is 12.4 Å². The third-order valence-electron chi connectivity index (χ3n) is 2.19. The van der Waals surface area contributed by atoms with Gasteiger partial charge in [0.15, 0.2) is 0 Å². The fraction of sp³-hybridized carbons (Fsp3) is 0.636. The van der Waals surface area contributed by atoms with Crippen LogP contribution in [-0.2, 0) is 0 Å². The van der Waals surface area contributed by atoms with E-state index in [1.165, 1.54) is 0 Å². The number of anilines is 2. The molecule has 0 aliphatic carbocycles. The Bertz CT molecular complexity index is 354. The summed E-state index contributed by atoms with van der Waals surface area (Å²) >= 11 is 0. The van der Waals surface area contributed by atoms with Crippen molar-refractivity contribution in [3.05, 3.63) is 12.4 Å². The Labute approximate surface area is 104 Å². The normalized spacial score (nSPS) is 11.3. The predicted octanol–water partition coefficient (Wildman–Crippen LogP) is 3.05. The molecule has 0 saturated heterocycles. The van der Waals surface area contributed by atoms with Gasteiger partial charge < -0.3 is 10.6 Å². The molecule has 0 spiro atoms. The van der Waals surface area contributed by atoms with Crippen LogP contribution >= 0.6 is 0 Å². The summed E-state index contributed by atoms with van der Waals surface area (Å²) in [6, 6.07) is 0. The van der Waals surface area contributed by atoms with E-state index in [9.17, 15) is 13.2 Å². The van der Waals surface area contributed by atoms with Crippen molar-refractivity contribution in [3.63, 3.8) is 0 Å². The second kappa shape index (κ2) is 7.03. The fourth-order valence-corrected chi connectivity index (χ4v) is 1.38. The maximum absolute atomic E-state index is 11.9. The molecular weight excluding hydrogens is 245 g/mol. The SMILES string of the molecule is CCNc1cncc(NCCCCC(F)(F)F)n1. The van der Waals surface area contributed by atoms with Crippen molar-refractivity contribution in [1.29, 1.82) is 0 Å². The zero-order valence-corrected chi connectivity index (χ0v) is 10.2. The van der Waals surface area contributed by atoms with Gasteiger partial charge in [-0.1, -0.05) is 0 Å². The molecule has 0 fully saturated rings. The molecule has 0 atom stereocenters. The van der Waals surface area contributed by atoms with Crippen molar-refractivity contribution in [2.45, 2.75) is 32.4 Å². The van der Waals surface area contributed by atoms with Crippen LogP contribution in [0.5, 0.6) is 0 Å². The van der Waals surface area contributed by atoms with Crippen LogP contribution < -0.4 is 10.6 Å². The van der Waals surface area contributed by atoms with E-state index in [0.29, 0.717) is 24.6 Å². The molecule has 18 heavy (non-hydrogen) atoms. The number of halogens is 3. The smallest absolute Gasteiger partial charge is 0.369 e. The van der Waals surface area contributed by atoms with Gasteiger partial charge in [-0.3, -0.25) is 4.98 Å². The van der Waals surface area contributed by atoms with E-state index >= 15 is 0 Å². The summed E-state index contributed by atoms with van der Waals surface area (Å²) in [6.45, 7) is 3.14. The summed E-state index contributed by atoms with van der Waals surface area (Å²) < 4.78 is 35.7. The molecule has 0 aliphatic rings. The average Bonchev–Trinajstić information content (AvgIpc) is 2.28. The third kappa shape index (κ3) is 6.27. The maximum Gasteiger partial charge on any atom is 0.389 e. The van der Waals surface area contributed by atoms with Gasteiger partial charge in [-0.2, -0.15) is 13.2 Å². The highest BCUT2D eigenvalue weighted by atomic mass is 19.4. The van der Waals surface area contributed by atoms with Gasteiger partial charge in [0.25, 0.3) is 0 Å². The molecule has 0 unspecified atom stereocenters. The maximum atomic E-state index is 11.9. The van der Waals surface area contributed by atoms with E-state index in [4.69, 9.17) is 0 Å². The lowest BCUT2D eigenvalue weighted by atomic mass is 10.2. The molecule has 0 aromatic carbocycles. The molecule has 0 amide bonds. The lowest BCUT2D eigenvalue weighted by Gasteiger charge is -2.08. The number of aromatic nitrogens is 2. The quantitative estimate of drug-likeness (QED) is 0.741. The molecule has 7 heteroatoms. The van der Waals surface area contributed by atoms with Crippen LogP contribution in [-0.4, -0.2) is 29.2 Å². The molecule has 0 aliphatic heterocycles. The third-order valence-corrected chi connectivity index (χ3v) is 2.19. The highest BCUT2D eigenvalue weighted by Gasteiger charge is 2.25. The summed E-state index contributed by atoms with van der Waals surface area (Å²) in [5.41, 5.74) is 0. The lowest BCUT2D eigenvalue weighted by molar-refractivity contribution is -0.135. The van der Waals surface area contributed by atoms with E-state index < -0.39 is 12.6 Å². The minimum atomic E-state index is -4.06. The molecule has 1 rings (SSSR count). The lowest BCUT2D eigenvalue weighted by Crippen LogP contribution is -2.09. The number of nitrogens with zero attached hydrogens (tertiary/aromatic N) is 2. The van der Waals surface area contributed by atoms with E-state index in [1.54, 1.807) is 12.4 Å². The zero-order valence-electron chi connectivity index (χ0n) is 10.2. The van der Waals surface area contributed by atoms with Gasteiger partial charge in [-0.25, -0.2) is 4.98 Å². The van der Waals surface area contributed by atoms with Gasteiger partial charge in [-0.05, 0) is 19.8 Å². The Balaban J connectivity index is 2.24. The minimum Gasteiger partial charge on any atom is -0.369 e. The van der Waals surface area contributed by atoms with Gasteiger partial charge >= 0.3 is 6.18 Å². The van der Waals surface area contributed by atoms with E-state index in [0.717, 1.165) is 6.54 Å². The first-order valence-corrected chi connectivity index (χ1v) is 5.88. The highest BCUT2D eigenvalue weighted by molar-refractivity contribution is 5.41. The monoisotopic (exact) mass is 262 g/mol. The van der Waals surface area contributed by atoms with Crippen LogP contribution in [0.4, 0.5) is 24.8 Å². The Morgan fingerprint density at radius 2 is 1.78 bits per heavy atom. The van der Waals surface area contributed by atoms with Gasteiger partial charge in [-0.15, -0.1) is 0 Å². The number of rotatable bonds is 7. The first-order valence-electron chi connectivity index (χ1n) is 5.88. The van der Waals surface area contributed by atoms with Gasteiger partial charge in [0, 0.05) is 19.5 Å². The Hall–Kier alpha value is -1.53. The van der Waals surface area contributed by atoms with Crippen LogP contribution in [0, 0.1) is 0 Å². The summed E-state index contributed by atoms with van der Waals surface area (Å²) in [6.07, 6.45) is -1.09. The minimum absolute atomic E-state index is 0.122. The first-order chi connectivity index (χ1) is 8.51. The molecule has 0 radical (unpaired) electrons. The molecule has 0 saturated carbocycles. The highest BCUT2D eigenvalue weighted by Crippen LogP contribution is 2.22. The topological polar surface area (TPSA) is 49.8 Å². The molecule has 4 nitrogen and oxygen atoms in total. The largest absolute Gasteiger partial charge is 0.389 e. The molecule has 1 heterocycles. The van der Waals surface area contributed by atoms with Crippen LogP contribution in [0.15, 0.2) is 12.4 Å². The standard InChI is InChI=1S/C11H17F3N4/c1-2-16-9-7-15-8-10(18-9)17-6-4-3-5-11(12,13)14/h7-8H,2-6H2,1H3,(H2,16,17,18). The van der Waals surface area contributed by atoms with E-state index in [1.807, 2.05) is 6.92 Å². The van der Waals surface area contributed by atoms with Crippen LogP contribution in [0.1, 0.15) is 26.2 Å². The molecule has 1 aromatic rings. The number of alkyl halides is 3. The number of hydrogen-bond donors (Lipinski definition) is 2. The molecule has 0 bridgehead atoms. The van der Waals surface area contributed by atoms with Crippen molar-refractivity contribution >= 4 is 11.6 Å². The van der Waals surface area contributed by atoms with Crippen molar-refractivity contribution < 1.29 is 13.2 Å². The molecule has 2 N–H and O–H groups in total. The fourth-order valence-electron chi connectivity index (χ4n) is 1.38. The van der Waals surface area contributed by atoms with Crippen molar-refractivity contribution in [2.24, 2.45) is 0 Å². The summed E-state index contributed by atoms with van der Waals surface area (Å²) in [5, 5.41) is 5.96. The average molecular weight is 262 g/mol. The van der Waals surface area contributed by atoms with Crippen LogP contribution in [0.3, 0.4) is 0 Å².